The van der Waals surface area contributed by atoms with Gasteiger partial charge < -0.3 is 14.7 Å². The number of aromatic nitrogens is 2. The number of benzene rings is 1. The molecule has 1 atom stereocenters. The lowest BCUT2D eigenvalue weighted by molar-refractivity contribution is 0.148. The quantitative estimate of drug-likeness (QED) is 0.734. The van der Waals surface area contributed by atoms with Crippen LogP contribution in [0, 0.1) is 11.7 Å². The van der Waals surface area contributed by atoms with Gasteiger partial charge >= 0.3 is 6.03 Å². The smallest absolute Gasteiger partial charge is 0.323 e. The van der Waals surface area contributed by atoms with Crippen LogP contribution in [0.1, 0.15) is 26.3 Å². The Hall–Kier alpha value is -2.74. The van der Waals surface area contributed by atoms with Crippen molar-refractivity contribution in [2.45, 2.75) is 24.7 Å². The molecule has 0 saturated carbocycles. The minimum absolute atomic E-state index is 0. The van der Waals surface area contributed by atoms with Crippen LogP contribution in [-0.2, 0) is 5.41 Å². The second-order valence-electron chi connectivity index (χ2n) is 9.67. The molecule has 0 aliphatic carbocycles. The minimum atomic E-state index is -0.222. The maximum absolute atomic E-state index is 14.2. The third-order valence-electron chi connectivity index (χ3n) is 7.38. The molecule has 5 rings (SSSR count). The molecular weight excluding hydrogens is 407 g/mol. The van der Waals surface area contributed by atoms with Gasteiger partial charge in [-0.05, 0) is 62.0 Å². The van der Waals surface area contributed by atoms with Crippen LogP contribution in [0.5, 0.6) is 0 Å². The van der Waals surface area contributed by atoms with E-state index in [2.05, 4.69) is 19.8 Å². The highest BCUT2D eigenvalue weighted by molar-refractivity contribution is 5.95. The molecule has 4 heterocycles. The van der Waals surface area contributed by atoms with Crippen LogP contribution in [0.2, 0.25) is 0 Å². The first-order valence-corrected chi connectivity index (χ1v) is 11.5. The Morgan fingerprint density at radius 3 is 2.78 bits per heavy atom. The molecule has 2 saturated heterocycles. The van der Waals surface area contributed by atoms with Gasteiger partial charge in [-0.25, -0.2) is 14.2 Å². The minimum Gasteiger partial charge on any atom is -0.355 e. The fourth-order valence-corrected chi connectivity index (χ4v) is 5.65. The first-order chi connectivity index (χ1) is 15.4. The number of likely N-dealkylation sites (tertiary alicyclic amines) is 1. The number of hydrogen-bond donors (Lipinski definition) is 0. The van der Waals surface area contributed by atoms with Crippen molar-refractivity contribution < 1.29 is 10.6 Å². The van der Waals surface area contributed by atoms with E-state index in [9.17, 15) is 9.18 Å². The molecule has 7 nitrogen and oxygen atoms in total. The first-order valence-electron chi connectivity index (χ1n) is 11.5. The molecule has 0 bridgehead atoms. The van der Waals surface area contributed by atoms with Gasteiger partial charge in [0.25, 0.3) is 0 Å². The largest absolute Gasteiger partial charge is 0.355 e. The van der Waals surface area contributed by atoms with Crippen LogP contribution < -0.4 is 9.80 Å². The maximum Gasteiger partial charge on any atom is 0.323 e. The topological polar surface area (TPSA) is 55.8 Å². The van der Waals surface area contributed by atoms with Crippen molar-refractivity contribution in [2.75, 3.05) is 63.2 Å². The van der Waals surface area contributed by atoms with Crippen LogP contribution in [0.15, 0.2) is 36.8 Å². The molecule has 172 valence electrons. The summed E-state index contributed by atoms with van der Waals surface area (Å²) in [6, 6.07) is 4.86. The Bertz CT molecular complexity index is 982. The highest BCUT2D eigenvalue weighted by atomic mass is 19.1. The van der Waals surface area contributed by atoms with Crippen LogP contribution >= 0.6 is 0 Å². The summed E-state index contributed by atoms with van der Waals surface area (Å²) in [5.41, 5.74) is 1.72. The lowest BCUT2D eigenvalue weighted by Gasteiger charge is -2.40. The predicted octanol–water partition coefficient (Wildman–Crippen LogP) is 3.22. The number of piperidine rings is 1. The van der Waals surface area contributed by atoms with Gasteiger partial charge in [-0.1, -0.05) is 0 Å². The third-order valence-corrected chi connectivity index (χ3v) is 7.38. The van der Waals surface area contributed by atoms with Gasteiger partial charge in [0.1, 0.15) is 11.6 Å². The van der Waals surface area contributed by atoms with Crippen molar-refractivity contribution in [2.24, 2.45) is 5.92 Å². The zero-order valence-corrected chi connectivity index (χ0v) is 18.9. The number of anilines is 2. The van der Waals surface area contributed by atoms with E-state index >= 15 is 0 Å². The average molecular weight is 441 g/mol. The number of urea groups is 1. The molecule has 1 spiro atoms. The Kier molecular flexibility index (Phi) is 5.49. The molecule has 2 aromatic rings. The highest BCUT2D eigenvalue weighted by Crippen LogP contribution is 2.47. The van der Waals surface area contributed by atoms with Gasteiger partial charge in [-0.2, -0.15) is 0 Å². The third kappa shape index (κ3) is 3.81. The van der Waals surface area contributed by atoms with E-state index in [-0.39, 0.29) is 18.7 Å². The monoisotopic (exact) mass is 440 g/mol. The van der Waals surface area contributed by atoms with Gasteiger partial charge in [0.05, 0.1) is 6.20 Å². The van der Waals surface area contributed by atoms with Gasteiger partial charge in [0, 0.05) is 65.2 Å². The Morgan fingerprint density at radius 1 is 1.25 bits per heavy atom. The Labute approximate surface area is 190 Å². The van der Waals surface area contributed by atoms with E-state index in [1.807, 2.05) is 11.1 Å². The molecule has 2 amide bonds. The van der Waals surface area contributed by atoms with Gasteiger partial charge in [0.15, 0.2) is 0 Å². The number of carbonyl (C=O) groups is 1. The summed E-state index contributed by atoms with van der Waals surface area (Å²) in [5, 5.41) is 0. The van der Waals surface area contributed by atoms with E-state index in [4.69, 9.17) is 0 Å². The molecule has 1 aromatic heterocycles. The molecule has 3 aliphatic heterocycles. The van der Waals surface area contributed by atoms with Crippen LogP contribution in [-0.4, -0.2) is 79.2 Å². The van der Waals surface area contributed by atoms with E-state index in [0.717, 1.165) is 69.1 Å². The van der Waals surface area contributed by atoms with Gasteiger partial charge in [-0.3, -0.25) is 9.88 Å². The fourth-order valence-electron chi connectivity index (χ4n) is 5.65. The summed E-state index contributed by atoms with van der Waals surface area (Å²) >= 11 is 0. The van der Waals surface area contributed by atoms with Crippen molar-refractivity contribution in [3.8, 4) is 0 Å². The number of rotatable bonds is 3. The fraction of sp³-hybridized carbons (Fsp3) is 0.542. The lowest BCUT2D eigenvalue weighted by Crippen LogP contribution is -2.48. The van der Waals surface area contributed by atoms with E-state index in [1.165, 1.54) is 6.07 Å². The average Bonchev–Trinajstić information content (AvgIpc) is 3.39. The summed E-state index contributed by atoms with van der Waals surface area (Å²) in [6.07, 6.45) is 8.35. The number of carbonyl (C=O) groups excluding carboxylic acids is 1. The summed E-state index contributed by atoms with van der Waals surface area (Å²) in [7, 11) is 3.54. The molecule has 32 heavy (non-hydrogen) atoms. The predicted molar refractivity (Wildman–Crippen MR) is 125 cm³/mol. The molecule has 0 N–H and O–H groups in total. The molecule has 0 radical (unpaired) electrons. The van der Waals surface area contributed by atoms with Crippen molar-refractivity contribution in [1.29, 1.82) is 0 Å². The first kappa shape index (κ1) is 21.1. The molecular formula is C24H33FN6O. The number of halogens is 1. The lowest BCUT2D eigenvalue weighted by atomic mass is 9.74. The SMILES string of the molecule is CN(C)C(=O)N1CC2(CCN(C[C@@H]3CCN(c4cnccn4)C3)CC2)c2cc(F)ccc21.[HH]. The second-order valence-corrected chi connectivity index (χ2v) is 9.67. The van der Waals surface area contributed by atoms with E-state index in [0.29, 0.717) is 12.5 Å². The van der Waals surface area contributed by atoms with Crippen LogP contribution in [0.3, 0.4) is 0 Å². The summed E-state index contributed by atoms with van der Waals surface area (Å²) in [6.45, 7) is 5.70. The van der Waals surface area contributed by atoms with E-state index in [1.54, 1.807) is 43.5 Å². The zero-order valence-electron chi connectivity index (χ0n) is 18.9. The van der Waals surface area contributed by atoms with Crippen molar-refractivity contribution in [3.63, 3.8) is 0 Å². The summed E-state index contributed by atoms with van der Waals surface area (Å²) in [4.78, 5) is 29.7. The number of hydrogen-bond acceptors (Lipinski definition) is 5. The molecule has 3 aliphatic rings. The molecule has 2 fully saturated rings. The second kappa shape index (κ2) is 8.31. The molecule has 1 aromatic carbocycles. The van der Waals surface area contributed by atoms with Gasteiger partial charge in [-0.15, -0.1) is 0 Å². The zero-order chi connectivity index (χ0) is 22.3. The Balaban J connectivity index is 0.00000259. The summed E-state index contributed by atoms with van der Waals surface area (Å²) in [5.74, 6) is 1.36. The van der Waals surface area contributed by atoms with Crippen molar-refractivity contribution >= 4 is 17.5 Å². The van der Waals surface area contributed by atoms with Crippen LogP contribution in [0.4, 0.5) is 20.7 Å². The maximum atomic E-state index is 14.2. The number of amides is 2. The number of fused-ring (bicyclic) bond motifs is 2. The van der Waals surface area contributed by atoms with Gasteiger partial charge in [0.2, 0.25) is 0 Å². The van der Waals surface area contributed by atoms with Crippen molar-refractivity contribution in [3.05, 3.63) is 48.2 Å². The normalized spacial score (nSPS) is 22.4. The standard InChI is InChI=1S/C24H31FN6O.H2/c1-28(2)23(32)31-17-24(20-13-19(25)3-4-21(20)31)6-11-29(12-7-24)15-18-5-10-30(16-18)22-14-26-8-9-27-22;/h3-4,8-9,13-14,18H,5-7,10-12,15-17H2,1-2H3;1H/t18-;/m0./s1. The number of nitrogens with zero attached hydrogens (tertiary/aromatic N) is 6. The molecule has 0 unspecified atom stereocenters. The highest BCUT2D eigenvalue weighted by Gasteiger charge is 2.47. The van der Waals surface area contributed by atoms with Crippen LogP contribution in [0.25, 0.3) is 0 Å². The van der Waals surface area contributed by atoms with Crippen molar-refractivity contribution in [1.82, 2.24) is 19.8 Å². The molecule has 8 heteroatoms. The van der Waals surface area contributed by atoms with E-state index < -0.39 is 0 Å². The summed E-state index contributed by atoms with van der Waals surface area (Å²) < 4.78 is 14.2. The Morgan fingerprint density at radius 2 is 2.06 bits per heavy atom.